The number of piperidine rings is 1. The van der Waals surface area contributed by atoms with Gasteiger partial charge >= 0.3 is 0 Å². The van der Waals surface area contributed by atoms with Gasteiger partial charge in [-0.05, 0) is 67.5 Å². The Morgan fingerprint density at radius 1 is 1.09 bits per heavy atom. The van der Waals surface area contributed by atoms with Gasteiger partial charge in [0.2, 0.25) is 10.0 Å². The molecule has 8 heteroatoms. The highest BCUT2D eigenvalue weighted by Crippen LogP contribution is 2.38. The highest BCUT2D eigenvalue weighted by molar-refractivity contribution is 7.98. The van der Waals surface area contributed by atoms with E-state index in [4.69, 9.17) is 16.6 Å². The number of thioether (sulfide) groups is 1. The number of hydrogen-bond donors (Lipinski definition) is 0. The molecule has 1 saturated heterocycles. The van der Waals surface area contributed by atoms with Crippen LogP contribution in [0.5, 0.6) is 0 Å². The maximum Gasteiger partial charge on any atom is 0.243 e. The van der Waals surface area contributed by atoms with Crippen LogP contribution in [0.2, 0.25) is 5.02 Å². The molecule has 1 aliphatic heterocycles. The Morgan fingerprint density at radius 2 is 1.91 bits per heavy atom. The summed E-state index contributed by atoms with van der Waals surface area (Å²) in [7, 11) is -3.51. The zero-order valence-electron chi connectivity index (χ0n) is 18.9. The molecule has 1 atom stereocenters. The third-order valence-electron chi connectivity index (χ3n) is 6.83. The molecule has 0 radical (unpaired) electrons. The number of hydrogen-bond acceptors (Lipinski definition) is 4. The number of imidazole rings is 1. The highest BCUT2D eigenvalue weighted by Gasteiger charge is 2.30. The van der Waals surface area contributed by atoms with E-state index in [2.05, 4.69) is 17.6 Å². The summed E-state index contributed by atoms with van der Waals surface area (Å²) in [5.74, 6) is 1.17. The standard InChI is InChI=1S/C25H30ClN3O2S2/c1-18-6-5-13-28(16-18)33(30,31)22-11-12-24-23(15-22)27-25(29(24)21-9-2-3-10-21)32-17-19-7-4-8-20(26)14-19/h4,7-8,11-12,14-15,18,21H,2-3,5-6,9-10,13,16-17H2,1H3/t18-/m0/s1. The first-order chi connectivity index (χ1) is 15.9. The molecular weight excluding hydrogens is 474 g/mol. The van der Waals surface area contributed by atoms with Crippen LogP contribution < -0.4 is 0 Å². The van der Waals surface area contributed by atoms with Crippen molar-refractivity contribution in [1.29, 1.82) is 0 Å². The Balaban J connectivity index is 1.49. The van der Waals surface area contributed by atoms with Gasteiger partial charge in [0, 0.05) is 29.9 Å². The number of rotatable bonds is 6. The van der Waals surface area contributed by atoms with E-state index in [-0.39, 0.29) is 0 Å². The molecule has 3 aromatic rings. The number of fused-ring (bicyclic) bond motifs is 1. The Labute approximate surface area is 205 Å². The lowest BCUT2D eigenvalue weighted by molar-refractivity contribution is 0.281. The topological polar surface area (TPSA) is 55.2 Å². The van der Waals surface area contributed by atoms with Gasteiger partial charge in [-0.15, -0.1) is 0 Å². The molecule has 176 valence electrons. The second-order valence-corrected chi connectivity index (χ2v) is 12.7. The van der Waals surface area contributed by atoms with E-state index in [0.29, 0.717) is 29.9 Å². The zero-order chi connectivity index (χ0) is 23.0. The van der Waals surface area contributed by atoms with Crippen molar-refractivity contribution in [3.63, 3.8) is 0 Å². The van der Waals surface area contributed by atoms with Crippen LogP contribution in [-0.2, 0) is 15.8 Å². The largest absolute Gasteiger partial charge is 0.316 e. The van der Waals surface area contributed by atoms with Crippen molar-refractivity contribution in [1.82, 2.24) is 13.9 Å². The first-order valence-corrected chi connectivity index (χ1v) is 14.6. The molecule has 2 heterocycles. The Kier molecular flexibility index (Phi) is 6.76. The average molecular weight is 504 g/mol. The lowest BCUT2D eigenvalue weighted by atomic mass is 10.0. The van der Waals surface area contributed by atoms with E-state index in [9.17, 15) is 8.42 Å². The number of halogens is 1. The van der Waals surface area contributed by atoms with E-state index in [1.807, 2.05) is 24.3 Å². The molecule has 33 heavy (non-hydrogen) atoms. The third-order valence-corrected chi connectivity index (χ3v) is 9.95. The van der Waals surface area contributed by atoms with Crippen molar-refractivity contribution in [2.24, 2.45) is 5.92 Å². The summed E-state index contributed by atoms with van der Waals surface area (Å²) in [5, 5.41) is 1.69. The Morgan fingerprint density at radius 3 is 2.67 bits per heavy atom. The molecule has 2 aromatic carbocycles. The lowest BCUT2D eigenvalue weighted by Gasteiger charge is -2.30. The molecule has 0 unspecified atom stereocenters. The van der Waals surface area contributed by atoms with E-state index in [0.717, 1.165) is 58.2 Å². The molecule has 5 rings (SSSR count). The van der Waals surface area contributed by atoms with Crippen LogP contribution >= 0.6 is 23.4 Å². The molecular formula is C25H30ClN3O2S2. The quantitative estimate of drug-likeness (QED) is 0.359. The summed E-state index contributed by atoms with van der Waals surface area (Å²) in [6, 6.07) is 13.8. The van der Waals surface area contributed by atoms with Crippen LogP contribution in [0.15, 0.2) is 52.5 Å². The van der Waals surface area contributed by atoms with Crippen LogP contribution in [0, 0.1) is 5.92 Å². The fourth-order valence-corrected chi connectivity index (χ4v) is 7.98. The molecule has 0 bridgehead atoms. The van der Waals surface area contributed by atoms with Gasteiger partial charge in [0.05, 0.1) is 15.9 Å². The van der Waals surface area contributed by atoms with E-state index < -0.39 is 10.0 Å². The van der Waals surface area contributed by atoms with Crippen LogP contribution in [0.4, 0.5) is 0 Å². The van der Waals surface area contributed by atoms with Crippen molar-refractivity contribution in [2.75, 3.05) is 13.1 Å². The Hall–Kier alpha value is -1.54. The van der Waals surface area contributed by atoms with Crippen molar-refractivity contribution in [2.45, 2.75) is 67.3 Å². The second kappa shape index (κ2) is 9.61. The zero-order valence-corrected chi connectivity index (χ0v) is 21.3. The van der Waals surface area contributed by atoms with Gasteiger partial charge in [0.1, 0.15) is 0 Å². The van der Waals surface area contributed by atoms with E-state index >= 15 is 0 Å². The van der Waals surface area contributed by atoms with Crippen molar-refractivity contribution in [3.05, 3.63) is 53.1 Å². The fourth-order valence-electron chi connectivity index (χ4n) is 5.12. The molecule has 0 amide bonds. The van der Waals surface area contributed by atoms with Crippen LogP contribution in [0.1, 0.15) is 57.1 Å². The summed E-state index contributed by atoms with van der Waals surface area (Å²) >= 11 is 7.86. The van der Waals surface area contributed by atoms with Crippen molar-refractivity contribution < 1.29 is 8.42 Å². The fraction of sp³-hybridized carbons (Fsp3) is 0.480. The minimum Gasteiger partial charge on any atom is -0.316 e. The highest BCUT2D eigenvalue weighted by atomic mass is 35.5. The third kappa shape index (κ3) is 4.83. The Bertz CT molecular complexity index is 1250. The maximum atomic E-state index is 13.3. The van der Waals surface area contributed by atoms with Gasteiger partial charge in [0.25, 0.3) is 0 Å². The van der Waals surface area contributed by atoms with Crippen LogP contribution in [0.25, 0.3) is 11.0 Å². The second-order valence-electron chi connectivity index (χ2n) is 9.38. The van der Waals surface area contributed by atoms with Gasteiger partial charge in [-0.25, -0.2) is 13.4 Å². The van der Waals surface area contributed by atoms with Crippen LogP contribution in [0.3, 0.4) is 0 Å². The van der Waals surface area contributed by atoms with Crippen LogP contribution in [-0.4, -0.2) is 35.4 Å². The van der Waals surface area contributed by atoms with Gasteiger partial charge in [-0.1, -0.05) is 55.3 Å². The van der Waals surface area contributed by atoms with Crippen molar-refractivity contribution in [3.8, 4) is 0 Å². The minimum atomic E-state index is -3.51. The first-order valence-electron chi connectivity index (χ1n) is 11.8. The first kappa shape index (κ1) is 23.2. The summed E-state index contributed by atoms with van der Waals surface area (Å²) < 4.78 is 30.7. The maximum absolute atomic E-state index is 13.3. The minimum absolute atomic E-state index is 0.353. The average Bonchev–Trinajstić information content (AvgIpc) is 3.44. The number of benzene rings is 2. The normalized spacial score (nSPS) is 20.6. The molecule has 0 spiro atoms. The number of aromatic nitrogens is 2. The van der Waals surface area contributed by atoms with E-state index in [1.165, 1.54) is 12.8 Å². The predicted octanol–water partition coefficient (Wildman–Crippen LogP) is 6.52. The van der Waals surface area contributed by atoms with Gasteiger partial charge in [-0.3, -0.25) is 0 Å². The number of sulfonamides is 1. The van der Waals surface area contributed by atoms with Crippen molar-refractivity contribution >= 4 is 44.4 Å². The number of nitrogens with zero attached hydrogens (tertiary/aromatic N) is 3. The molecule has 5 nitrogen and oxygen atoms in total. The lowest BCUT2D eigenvalue weighted by Crippen LogP contribution is -2.39. The van der Waals surface area contributed by atoms with Gasteiger partial charge in [-0.2, -0.15) is 4.31 Å². The predicted molar refractivity (Wildman–Crippen MR) is 135 cm³/mol. The van der Waals surface area contributed by atoms with Gasteiger partial charge < -0.3 is 4.57 Å². The van der Waals surface area contributed by atoms with Gasteiger partial charge in [0.15, 0.2) is 5.16 Å². The molecule has 1 aromatic heterocycles. The smallest absolute Gasteiger partial charge is 0.243 e. The summed E-state index contributed by atoms with van der Waals surface area (Å²) in [6.45, 7) is 3.32. The molecule has 2 aliphatic rings. The summed E-state index contributed by atoms with van der Waals surface area (Å²) in [5.41, 5.74) is 2.95. The molecule has 2 fully saturated rings. The molecule has 1 aliphatic carbocycles. The summed E-state index contributed by atoms with van der Waals surface area (Å²) in [4.78, 5) is 5.29. The SMILES string of the molecule is C[C@H]1CCCN(S(=O)(=O)c2ccc3c(c2)nc(SCc2cccc(Cl)c2)n3C2CCCC2)C1. The summed E-state index contributed by atoms with van der Waals surface area (Å²) in [6.07, 6.45) is 6.74. The molecule has 0 N–H and O–H groups in total. The molecule has 1 saturated carbocycles. The van der Waals surface area contributed by atoms with E-state index in [1.54, 1.807) is 28.2 Å². The monoisotopic (exact) mass is 503 g/mol.